The third-order valence-electron chi connectivity index (χ3n) is 7.94. The predicted molar refractivity (Wildman–Crippen MR) is 149 cm³/mol. The van der Waals surface area contributed by atoms with Crippen LogP contribution in [0.3, 0.4) is 0 Å². The molecule has 1 saturated carbocycles. The molecule has 194 valence electrons. The van der Waals surface area contributed by atoms with Crippen molar-refractivity contribution >= 4 is 0 Å². The predicted octanol–water partition coefficient (Wildman–Crippen LogP) is 9.59. The van der Waals surface area contributed by atoms with Gasteiger partial charge < -0.3 is 4.74 Å². The first-order chi connectivity index (χ1) is 17.3. The number of nitrogens with zero attached hydrogens (tertiary/aromatic N) is 2. The van der Waals surface area contributed by atoms with Crippen LogP contribution < -0.4 is 4.74 Å². The lowest BCUT2D eigenvalue weighted by atomic mass is 9.77. The summed E-state index contributed by atoms with van der Waals surface area (Å²) in [6.07, 6.45) is 26.7. The van der Waals surface area contributed by atoms with Crippen LogP contribution in [0.25, 0.3) is 11.3 Å². The smallest absolute Gasteiger partial charge is 0.128 e. The molecule has 0 bridgehead atoms. The molecule has 1 aromatic carbocycles. The third-order valence-corrected chi connectivity index (χ3v) is 7.94. The normalized spacial score (nSPS) is 18.0. The highest BCUT2D eigenvalue weighted by Crippen LogP contribution is 2.36. The van der Waals surface area contributed by atoms with E-state index in [4.69, 9.17) is 9.72 Å². The average Bonchev–Trinajstić information content (AvgIpc) is 2.90. The Hall–Kier alpha value is -1.90. The van der Waals surface area contributed by atoms with Crippen molar-refractivity contribution in [2.75, 3.05) is 6.61 Å². The number of aryl methyl sites for hydroxylation is 1. The van der Waals surface area contributed by atoms with Crippen LogP contribution >= 0.6 is 0 Å². The van der Waals surface area contributed by atoms with Crippen LogP contribution in [0.15, 0.2) is 36.8 Å². The molecule has 0 unspecified atom stereocenters. The fourth-order valence-electron chi connectivity index (χ4n) is 5.66. The second-order valence-electron chi connectivity index (χ2n) is 10.8. The van der Waals surface area contributed by atoms with Crippen LogP contribution in [-0.4, -0.2) is 16.6 Å². The van der Waals surface area contributed by atoms with Crippen LogP contribution in [0.4, 0.5) is 0 Å². The SMILES string of the molecule is CCCCCCCCCC1CCC(CCc2cncnc2-c2ccccc2OCCCCC)CC1. The summed E-state index contributed by atoms with van der Waals surface area (Å²) in [6.45, 7) is 5.30. The first-order valence-electron chi connectivity index (χ1n) is 14.8. The molecule has 1 aliphatic rings. The van der Waals surface area contributed by atoms with E-state index in [0.717, 1.165) is 48.3 Å². The van der Waals surface area contributed by atoms with E-state index in [-0.39, 0.29) is 0 Å². The molecule has 1 aliphatic carbocycles. The van der Waals surface area contributed by atoms with Gasteiger partial charge in [-0.3, -0.25) is 0 Å². The maximum absolute atomic E-state index is 6.16. The van der Waals surface area contributed by atoms with Gasteiger partial charge >= 0.3 is 0 Å². The van der Waals surface area contributed by atoms with Crippen LogP contribution in [0.2, 0.25) is 0 Å². The zero-order valence-electron chi connectivity index (χ0n) is 22.6. The molecule has 0 atom stereocenters. The molecule has 0 amide bonds. The van der Waals surface area contributed by atoms with E-state index in [0.29, 0.717) is 0 Å². The molecule has 3 heteroatoms. The Balaban J connectivity index is 1.44. The molecule has 1 aromatic heterocycles. The number of ether oxygens (including phenoxy) is 1. The Labute approximate surface area is 215 Å². The summed E-state index contributed by atoms with van der Waals surface area (Å²) in [5, 5.41) is 0. The summed E-state index contributed by atoms with van der Waals surface area (Å²) in [6, 6.07) is 8.38. The van der Waals surface area contributed by atoms with Gasteiger partial charge in [-0.15, -0.1) is 0 Å². The van der Waals surface area contributed by atoms with Crippen molar-refractivity contribution in [1.82, 2.24) is 9.97 Å². The van der Waals surface area contributed by atoms with Gasteiger partial charge in [-0.25, -0.2) is 9.97 Å². The first-order valence-corrected chi connectivity index (χ1v) is 14.8. The minimum Gasteiger partial charge on any atom is -0.493 e. The topological polar surface area (TPSA) is 35.0 Å². The summed E-state index contributed by atoms with van der Waals surface area (Å²) in [5.74, 6) is 2.79. The van der Waals surface area contributed by atoms with Crippen molar-refractivity contribution in [3.8, 4) is 17.0 Å². The molecule has 35 heavy (non-hydrogen) atoms. The van der Waals surface area contributed by atoms with E-state index in [1.165, 1.54) is 102 Å². The minimum atomic E-state index is 0.771. The summed E-state index contributed by atoms with van der Waals surface area (Å²) in [5.41, 5.74) is 3.43. The number of unbranched alkanes of at least 4 members (excludes halogenated alkanes) is 8. The highest BCUT2D eigenvalue weighted by Gasteiger charge is 2.21. The summed E-state index contributed by atoms with van der Waals surface area (Å²) in [4.78, 5) is 9.08. The highest BCUT2D eigenvalue weighted by atomic mass is 16.5. The molecule has 0 radical (unpaired) electrons. The average molecular weight is 479 g/mol. The largest absolute Gasteiger partial charge is 0.493 e. The minimum absolute atomic E-state index is 0.771. The van der Waals surface area contributed by atoms with Crippen molar-refractivity contribution in [2.45, 2.75) is 123 Å². The van der Waals surface area contributed by atoms with Crippen molar-refractivity contribution in [3.63, 3.8) is 0 Å². The Morgan fingerprint density at radius 3 is 2.20 bits per heavy atom. The highest BCUT2D eigenvalue weighted by molar-refractivity contribution is 5.69. The van der Waals surface area contributed by atoms with Gasteiger partial charge in [0.2, 0.25) is 0 Å². The lowest BCUT2D eigenvalue weighted by Crippen LogP contribution is -2.15. The molecule has 0 N–H and O–H groups in total. The van der Waals surface area contributed by atoms with Gasteiger partial charge in [0.15, 0.2) is 0 Å². The Bertz CT molecular complexity index is 813. The third kappa shape index (κ3) is 9.94. The molecule has 2 aromatic rings. The van der Waals surface area contributed by atoms with E-state index >= 15 is 0 Å². The van der Waals surface area contributed by atoms with Crippen LogP contribution in [0, 0.1) is 11.8 Å². The van der Waals surface area contributed by atoms with Gasteiger partial charge in [-0.2, -0.15) is 0 Å². The quantitative estimate of drug-likeness (QED) is 0.212. The van der Waals surface area contributed by atoms with Gasteiger partial charge in [0.25, 0.3) is 0 Å². The molecular weight excluding hydrogens is 428 g/mol. The van der Waals surface area contributed by atoms with Gasteiger partial charge in [-0.05, 0) is 48.8 Å². The monoisotopic (exact) mass is 478 g/mol. The molecule has 0 saturated heterocycles. The van der Waals surface area contributed by atoms with Crippen LogP contribution in [0.1, 0.15) is 122 Å². The lowest BCUT2D eigenvalue weighted by molar-refractivity contribution is 0.248. The molecule has 1 fully saturated rings. The fourth-order valence-corrected chi connectivity index (χ4v) is 5.66. The van der Waals surface area contributed by atoms with E-state index < -0.39 is 0 Å². The molecular formula is C32H50N2O. The first kappa shape index (κ1) is 27.7. The van der Waals surface area contributed by atoms with Crippen molar-refractivity contribution in [1.29, 1.82) is 0 Å². The summed E-state index contributed by atoms with van der Waals surface area (Å²) >= 11 is 0. The molecule has 0 spiro atoms. The second-order valence-corrected chi connectivity index (χ2v) is 10.8. The van der Waals surface area contributed by atoms with E-state index in [9.17, 15) is 0 Å². The summed E-state index contributed by atoms with van der Waals surface area (Å²) in [7, 11) is 0. The maximum Gasteiger partial charge on any atom is 0.128 e. The zero-order chi connectivity index (χ0) is 24.6. The number of hydrogen-bond acceptors (Lipinski definition) is 3. The number of hydrogen-bond donors (Lipinski definition) is 0. The molecule has 1 heterocycles. The zero-order valence-corrected chi connectivity index (χ0v) is 22.6. The van der Waals surface area contributed by atoms with Crippen molar-refractivity contribution in [3.05, 3.63) is 42.4 Å². The second kappa shape index (κ2) is 16.7. The summed E-state index contributed by atoms with van der Waals surface area (Å²) < 4.78 is 6.16. The van der Waals surface area contributed by atoms with Gasteiger partial charge in [0.05, 0.1) is 12.3 Å². The van der Waals surface area contributed by atoms with Crippen LogP contribution in [0.5, 0.6) is 5.75 Å². The Kier molecular flexibility index (Phi) is 13.2. The standard InChI is InChI=1S/C32H50N2O/c1-3-5-7-8-9-10-11-15-27-18-20-28(21-19-27)22-23-29-25-33-26-34-32(29)30-16-12-13-17-31(30)35-24-14-6-4-2/h12-13,16-17,25-28H,3-11,14-15,18-24H2,1-2H3. The van der Waals surface area contributed by atoms with E-state index in [1.807, 2.05) is 6.20 Å². The Morgan fingerprint density at radius 1 is 0.771 bits per heavy atom. The molecule has 3 nitrogen and oxygen atoms in total. The van der Waals surface area contributed by atoms with E-state index in [2.05, 4.69) is 43.1 Å². The Morgan fingerprint density at radius 2 is 1.43 bits per heavy atom. The van der Waals surface area contributed by atoms with Gasteiger partial charge in [0, 0.05) is 11.8 Å². The lowest BCUT2D eigenvalue weighted by Gasteiger charge is -2.28. The number of benzene rings is 1. The number of para-hydroxylation sites is 1. The molecule has 0 aliphatic heterocycles. The van der Waals surface area contributed by atoms with Gasteiger partial charge in [0.1, 0.15) is 12.1 Å². The van der Waals surface area contributed by atoms with Gasteiger partial charge in [-0.1, -0.05) is 116 Å². The molecule has 3 rings (SSSR count). The van der Waals surface area contributed by atoms with E-state index in [1.54, 1.807) is 6.33 Å². The number of rotatable bonds is 17. The van der Waals surface area contributed by atoms with Crippen LogP contribution in [-0.2, 0) is 6.42 Å². The van der Waals surface area contributed by atoms with Crippen molar-refractivity contribution in [2.24, 2.45) is 11.8 Å². The fraction of sp³-hybridized carbons (Fsp3) is 0.688. The number of aromatic nitrogens is 2. The van der Waals surface area contributed by atoms with Crippen molar-refractivity contribution < 1.29 is 4.74 Å². The maximum atomic E-state index is 6.16.